The van der Waals surface area contributed by atoms with Crippen LogP contribution < -0.4 is 22.7 Å². The Morgan fingerprint density at radius 2 is 1.85 bits per heavy atom. The highest BCUT2D eigenvalue weighted by atomic mass is 16.7. The van der Waals surface area contributed by atoms with Crippen molar-refractivity contribution in [2.75, 3.05) is 14.2 Å². The van der Waals surface area contributed by atoms with E-state index >= 15 is 0 Å². The standard InChI is InChI=1S/C18H24N4O11/c1-29-10-11(32-16(13(10)30-2)22-4-3-8(24)21-18(22)28)12(15(20)27)33-17-9(25)6(23)5-7(31-17)14(19)26/h3-6,9-13,16-17,23,25H,1-2H3,(H2,19,26)(H2,20,27)(H,21,24,28)/t6?,9?,10?,11-,12?,13?,16+,17+/m0/s1. The minimum atomic E-state index is -1.73. The molecular weight excluding hydrogens is 448 g/mol. The summed E-state index contributed by atoms with van der Waals surface area (Å²) in [6.07, 6.45) is -9.16. The van der Waals surface area contributed by atoms with Gasteiger partial charge in [-0.2, -0.15) is 0 Å². The first-order chi connectivity index (χ1) is 15.6. The van der Waals surface area contributed by atoms with Gasteiger partial charge in [0.2, 0.25) is 12.2 Å². The lowest BCUT2D eigenvalue weighted by Crippen LogP contribution is -2.54. The van der Waals surface area contributed by atoms with Crippen molar-refractivity contribution in [2.45, 2.75) is 49.1 Å². The molecule has 1 saturated heterocycles. The van der Waals surface area contributed by atoms with Gasteiger partial charge in [-0.15, -0.1) is 0 Å². The monoisotopic (exact) mass is 472 g/mol. The predicted molar refractivity (Wildman–Crippen MR) is 105 cm³/mol. The molecule has 2 amide bonds. The highest BCUT2D eigenvalue weighted by Crippen LogP contribution is 2.35. The van der Waals surface area contributed by atoms with Gasteiger partial charge in [-0.3, -0.25) is 23.9 Å². The van der Waals surface area contributed by atoms with Crippen LogP contribution in [0.1, 0.15) is 6.23 Å². The molecule has 1 aromatic rings. The van der Waals surface area contributed by atoms with Gasteiger partial charge in [-0.1, -0.05) is 0 Å². The highest BCUT2D eigenvalue weighted by molar-refractivity contribution is 5.90. The van der Waals surface area contributed by atoms with E-state index in [0.29, 0.717) is 0 Å². The second-order valence-corrected chi connectivity index (χ2v) is 7.23. The number of rotatable bonds is 8. The van der Waals surface area contributed by atoms with Crippen LogP contribution in [0.4, 0.5) is 0 Å². The number of methoxy groups -OCH3 is 2. The molecule has 1 aromatic heterocycles. The first kappa shape index (κ1) is 24.6. The second kappa shape index (κ2) is 9.82. The van der Waals surface area contributed by atoms with E-state index in [1.807, 2.05) is 0 Å². The molecule has 0 radical (unpaired) electrons. The molecule has 3 heterocycles. The molecule has 33 heavy (non-hydrogen) atoms. The number of carbonyl (C=O) groups is 2. The van der Waals surface area contributed by atoms with Gasteiger partial charge in [0.1, 0.15) is 30.5 Å². The Morgan fingerprint density at radius 3 is 2.39 bits per heavy atom. The topological polar surface area (TPSA) is 228 Å². The normalized spacial score (nSPS) is 32.6. The van der Waals surface area contributed by atoms with Crippen molar-refractivity contribution in [1.82, 2.24) is 9.55 Å². The highest BCUT2D eigenvalue weighted by Gasteiger charge is 2.53. The van der Waals surface area contributed by atoms with Crippen molar-refractivity contribution >= 4 is 11.8 Å². The van der Waals surface area contributed by atoms with E-state index in [1.165, 1.54) is 20.4 Å². The van der Waals surface area contributed by atoms with Gasteiger partial charge in [0.25, 0.3) is 11.5 Å². The van der Waals surface area contributed by atoms with Crippen LogP contribution in [0.2, 0.25) is 0 Å². The number of hydrogen-bond acceptors (Lipinski definition) is 11. The zero-order chi connectivity index (χ0) is 24.4. The molecule has 8 atom stereocenters. The molecule has 15 nitrogen and oxygen atoms in total. The number of nitrogens with two attached hydrogens (primary N) is 2. The molecule has 0 aromatic carbocycles. The number of aromatic nitrogens is 2. The number of aromatic amines is 1. The number of H-pyrrole nitrogens is 1. The lowest BCUT2D eigenvalue weighted by molar-refractivity contribution is -0.241. The summed E-state index contributed by atoms with van der Waals surface area (Å²) < 4.78 is 28.3. The zero-order valence-electron chi connectivity index (χ0n) is 17.5. The number of aliphatic hydroxyl groups is 2. The lowest BCUT2D eigenvalue weighted by Gasteiger charge is -2.34. The fourth-order valence-electron chi connectivity index (χ4n) is 3.63. The van der Waals surface area contributed by atoms with Crippen LogP contribution in [0, 0.1) is 0 Å². The molecule has 0 bridgehead atoms. The van der Waals surface area contributed by atoms with E-state index in [-0.39, 0.29) is 0 Å². The Bertz CT molecular complexity index is 1040. The van der Waals surface area contributed by atoms with E-state index in [1.54, 1.807) is 0 Å². The summed E-state index contributed by atoms with van der Waals surface area (Å²) in [5.41, 5.74) is 9.18. The summed E-state index contributed by atoms with van der Waals surface area (Å²) in [6, 6.07) is 1.08. The van der Waals surface area contributed by atoms with Crippen molar-refractivity contribution in [3.8, 4) is 0 Å². The maximum absolute atomic E-state index is 12.3. The van der Waals surface area contributed by atoms with Crippen LogP contribution in [-0.4, -0.2) is 88.7 Å². The van der Waals surface area contributed by atoms with Gasteiger partial charge in [0, 0.05) is 26.5 Å². The summed E-state index contributed by atoms with van der Waals surface area (Å²) >= 11 is 0. The molecule has 7 N–H and O–H groups in total. The van der Waals surface area contributed by atoms with Crippen molar-refractivity contribution in [3.05, 3.63) is 44.9 Å². The molecule has 1 fully saturated rings. The van der Waals surface area contributed by atoms with E-state index < -0.39 is 78.0 Å². The maximum atomic E-state index is 12.3. The van der Waals surface area contributed by atoms with Crippen LogP contribution in [-0.2, 0) is 33.3 Å². The van der Waals surface area contributed by atoms with E-state index in [2.05, 4.69) is 4.98 Å². The smallest absolute Gasteiger partial charge is 0.330 e. The number of ether oxygens (including phenoxy) is 5. The van der Waals surface area contributed by atoms with Gasteiger partial charge in [-0.05, 0) is 6.08 Å². The minimum absolute atomic E-state index is 0.496. The number of nitrogens with one attached hydrogen (secondary N) is 1. The van der Waals surface area contributed by atoms with Crippen LogP contribution in [0.3, 0.4) is 0 Å². The number of hydrogen-bond donors (Lipinski definition) is 5. The summed E-state index contributed by atoms with van der Waals surface area (Å²) in [5.74, 6) is -2.62. The Morgan fingerprint density at radius 1 is 1.18 bits per heavy atom. The number of primary amides is 2. The van der Waals surface area contributed by atoms with Gasteiger partial charge in [0.05, 0.1) is 0 Å². The van der Waals surface area contributed by atoms with Crippen LogP contribution in [0.25, 0.3) is 0 Å². The van der Waals surface area contributed by atoms with E-state index in [0.717, 1.165) is 16.7 Å². The van der Waals surface area contributed by atoms with Crippen LogP contribution >= 0.6 is 0 Å². The quantitative estimate of drug-likeness (QED) is 0.243. The van der Waals surface area contributed by atoms with Gasteiger partial charge in [-0.25, -0.2) is 4.79 Å². The first-order valence-corrected chi connectivity index (χ1v) is 9.60. The summed E-state index contributed by atoms with van der Waals surface area (Å²) in [4.78, 5) is 49.5. The number of nitrogens with zero attached hydrogens (tertiary/aromatic N) is 1. The summed E-state index contributed by atoms with van der Waals surface area (Å²) in [5, 5.41) is 20.2. The Balaban J connectivity index is 1.92. The number of carbonyl (C=O) groups excluding carboxylic acids is 2. The van der Waals surface area contributed by atoms with Crippen LogP contribution in [0.15, 0.2) is 33.7 Å². The zero-order valence-corrected chi connectivity index (χ0v) is 17.5. The lowest BCUT2D eigenvalue weighted by atomic mass is 10.0. The second-order valence-electron chi connectivity index (χ2n) is 7.23. The van der Waals surface area contributed by atoms with Crippen molar-refractivity contribution in [1.29, 1.82) is 0 Å². The fraction of sp³-hybridized carbons (Fsp3) is 0.556. The molecule has 3 rings (SSSR count). The average molecular weight is 472 g/mol. The Kier molecular flexibility index (Phi) is 7.31. The SMILES string of the molecule is COC1C(OC)[C@H](n2ccc(=O)[nH]c2=O)O[C@@H]1C(O[C@H]1OC(C(N)=O)=CC(O)C1O)C(N)=O. The van der Waals surface area contributed by atoms with Crippen molar-refractivity contribution in [3.63, 3.8) is 0 Å². The maximum Gasteiger partial charge on any atom is 0.330 e. The molecule has 0 aliphatic carbocycles. The summed E-state index contributed by atoms with van der Waals surface area (Å²) in [7, 11) is 2.59. The molecule has 2 aliphatic rings. The third-order valence-corrected chi connectivity index (χ3v) is 5.19. The predicted octanol–water partition coefficient (Wildman–Crippen LogP) is -4.22. The van der Waals surface area contributed by atoms with Gasteiger partial charge < -0.3 is 45.4 Å². The van der Waals surface area contributed by atoms with Crippen molar-refractivity contribution in [2.24, 2.45) is 11.5 Å². The molecule has 5 unspecified atom stereocenters. The summed E-state index contributed by atoms with van der Waals surface area (Å²) in [6.45, 7) is 0. The molecule has 15 heteroatoms. The molecule has 0 spiro atoms. The van der Waals surface area contributed by atoms with Gasteiger partial charge in [0.15, 0.2) is 18.1 Å². The third-order valence-electron chi connectivity index (χ3n) is 5.19. The Labute approximate surface area is 185 Å². The van der Waals surface area contributed by atoms with E-state index in [4.69, 9.17) is 35.2 Å². The number of aliphatic hydroxyl groups excluding tert-OH is 2. The van der Waals surface area contributed by atoms with Crippen molar-refractivity contribution < 1.29 is 43.5 Å². The molecule has 2 aliphatic heterocycles. The van der Waals surface area contributed by atoms with Gasteiger partial charge >= 0.3 is 5.69 Å². The minimum Gasteiger partial charge on any atom is -0.456 e. The van der Waals surface area contributed by atoms with Crippen LogP contribution in [0.5, 0.6) is 0 Å². The number of amides is 2. The average Bonchev–Trinajstić information content (AvgIpc) is 3.11. The molecule has 182 valence electrons. The first-order valence-electron chi connectivity index (χ1n) is 9.60. The Hall–Kier alpha value is -3.08. The molecular formula is C18H24N4O11. The van der Waals surface area contributed by atoms with E-state index in [9.17, 15) is 29.4 Å². The third kappa shape index (κ3) is 4.82. The molecule has 0 saturated carbocycles. The largest absolute Gasteiger partial charge is 0.456 e. The fourth-order valence-corrected chi connectivity index (χ4v) is 3.63.